The lowest BCUT2D eigenvalue weighted by Gasteiger charge is -2.22. The van der Waals surface area contributed by atoms with Gasteiger partial charge in [0, 0.05) is 5.57 Å². The Labute approximate surface area is 134 Å². The molecular weight excluding hydrogens is 296 g/mol. The largest absolute Gasteiger partial charge is 0.443 e. The van der Waals surface area contributed by atoms with Crippen LogP contribution in [-0.4, -0.2) is 28.5 Å². The zero-order valence-electron chi connectivity index (χ0n) is 13.3. The van der Waals surface area contributed by atoms with Crippen molar-refractivity contribution in [2.75, 3.05) is 0 Å². The molecule has 0 radical (unpaired) electrons. The Bertz CT molecular complexity index is 743. The van der Waals surface area contributed by atoms with Gasteiger partial charge >= 0.3 is 6.09 Å². The number of benzene rings is 1. The van der Waals surface area contributed by atoms with Crippen molar-refractivity contribution >= 4 is 23.5 Å². The number of hydrogen-bond donors (Lipinski definition) is 1. The fourth-order valence-corrected chi connectivity index (χ4v) is 2.82. The number of carbonyl (C=O) groups is 3. The van der Waals surface area contributed by atoms with Crippen LogP contribution in [0.25, 0.3) is 5.57 Å². The first-order valence-electron chi connectivity index (χ1n) is 7.48. The van der Waals surface area contributed by atoms with Gasteiger partial charge in [-0.05, 0) is 44.7 Å². The summed E-state index contributed by atoms with van der Waals surface area (Å²) >= 11 is 0. The third-order valence-corrected chi connectivity index (χ3v) is 3.71. The van der Waals surface area contributed by atoms with E-state index in [-0.39, 0.29) is 0 Å². The molecule has 3 amide bonds. The number of aryl methyl sites for hydroxylation is 1. The number of hydrogen-bond acceptors (Lipinski definition) is 4. The molecule has 0 unspecified atom stereocenters. The molecule has 0 aromatic heterocycles. The molecule has 0 saturated carbocycles. The highest BCUT2D eigenvalue weighted by atomic mass is 16.6. The number of nitrogens with one attached hydrogen (secondary N) is 1. The molecule has 1 aliphatic carbocycles. The minimum atomic E-state index is -0.827. The minimum Gasteiger partial charge on any atom is -0.443 e. The van der Waals surface area contributed by atoms with Crippen LogP contribution in [0.4, 0.5) is 4.79 Å². The maximum absolute atomic E-state index is 12.6. The first-order chi connectivity index (χ1) is 10.8. The molecule has 23 heavy (non-hydrogen) atoms. The summed E-state index contributed by atoms with van der Waals surface area (Å²) in [6.45, 7) is 5.12. The van der Waals surface area contributed by atoms with Crippen molar-refractivity contribution in [2.45, 2.75) is 39.2 Å². The average molecular weight is 314 g/mol. The smallest absolute Gasteiger partial charge is 0.427 e. The van der Waals surface area contributed by atoms with Crippen molar-refractivity contribution < 1.29 is 19.1 Å². The predicted octanol–water partition coefficient (Wildman–Crippen LogP) is 2.19. The molecule has 6 nitrogen and oxygen atoms in total. The second-order valence-corrected chi connectivity index (χ2v) is 6.57. The molecule has 0 fully saturated rings. The summed E-state index contributed by atoms with van der Waals surface area (Å²) in [6.07, 6.45) is 0.366. The number of rotatable bonds is 1. The maximum Gasteiger partial charge on any atom is 0.427 e. The highest BCUT2D eigenvalue weighted by Gasteiger charge is 2.42. The molecule has 0 atom stereocenters. The van der Waals surface area contributed by atoms with Crippen LogP contribution in [0.1, 0.15) is 38.3 Å². The third kappa shape index (κ3) is 2.72. The second kappa shape index (κ2) is 5.22. The fraction of sp³-hybridized carbons (Fsp3) is 0.353. The van der Waals surface area contributed by atoms with Gasteiger partial charge in [0.1, 0.15) is 5.60 Å². The van der Waals surface area contributed by atoms with E-state index in [4.69, 9.17) is 4.74 Å². The Morgan fingerprint density at radius 3 is 2.52 bits per heavy atom. The van der Waals surface area contributed by atoms with Crippen molar-refractivity contribution in [3.05, 3.63) is 41.0 Å². The quantitative estimate of drug-likeness (QED) is 0.806. The maximum atomic E-state index is 12.6. The normalized spacial score (nSPS) is 17.1. The molecular formula is C17H18N2O4. The van der Waals surface area contributed by atoms with Gasteiger partial charge in [0.15, 0.2) is 0 Å². The van der Waals surface area contributed by atoms with Gasteiger partial charge in [-0.15, -0.1) is 0 Å². The van der Waals surface area contributed by atoms with E-state index in [9.17, 15) is 14.4 Å². The van der Waals surface area contributed by atoms with Gasteiger partial charge in [-0.2, -0.15) is 5.01 Å². The van der Waals surface area contributed by atoms with E-state index in [1.807, 2.05) is 24.3 Å². The van der Waals surface area contributed by atoms with Gasteiger partial charge in [0.05, 0.1) is 5.57 Å². The van der Waals surface area contributed by atoms with Gasteiger partial charge < -0.3 is 4.74 Å². The van der Waals surface area contributed by atoms with E-state index in [1.54, 1.807) is 20.8 Å². The highest BCUT2D eigenvalue weighted by Crippen LogP contribution is 2.37. The van der Waals surface area contributed by atoms with Crippen molar-refractivity contribution in [3.8, 4) is 0 Å². The minimum absolute atomic E-state index is 0.382. The lowest BCUT2D eigenvalue weighted by atomic mass is 9.87. The Kier molecular flexibility index (Phi) is 3.47. The van der Waals surface area contributed by atoms with E-state index in [1.165, 1.54) is 0 Å². The summed E-state index contributed by atoms with van der Waals surface area (Å²) < 4.78 is 5.10. The molecule has 0 bridgehead atoms. The molecule has 1 heterocycles. The zero-order chi connectivity index (χ0) is 16.8. The number of ether oxygens (including phenoxy) is 1. The van der Waals surface area contributed by atoms with Crippen LogP contribution in [-0.2, 0) is 20.7 Å². The van der Waals surface area contributed by atoms with Crippen LogP contribution >= 0.6 is 0 Å². The number of imide groups is 1. The van der Waals surface area contributed by atoms with Crippen molar-refractivity contribution in [1.29, 1.82) is 0 Å². The molecule has 1 aliphatic heterocycles. The standard InChI is InChI=1S/C17H18N2O4/c1-17(2,3)23-16(22)18-19-14(20)12-9-8-10-6-4-5-7-11(10)13(12)15(19)21/h4-7H,8-9H2,1-3H3,(H,18,22). The van der Waals surface area contributed by atoms with Crippen molar-refractivity contribution in [1.82, 2.24) is 10.4 Å². The second-order valence-electron chi connectivity index (χ2n) is 6.57. The van der Waals surface area contributed by atoms with Crippen LogP contribution in [0.2, 0.25) is 0 Å². The summed E-state index contributed by atoms with van der Waals surface area (Å²) in [5.41, 5.74) is 4.17. The zero-order valence-corrected chi connectivity index (χ0v) is 13.3. The lowest BCUT2D eigenvalue weighted by molar-refractivity contribution is -0.140. The summed E-state index contributed by atoms with van der Waals surface area (Å²) in [6, 6.07) is 7.51. The summed E-state index contributed by atoms with van der Waals surface area (Å²) in [5, 5.41) is 0.751. The Balaban J connectivity index is 1.86. The van der Waals surface area contributed by atoms with Crippen LogP contribution in [0.15, 0.2) is 29.8 Å². The fourth-order valence-electron chi connectivity index (χ4n) is 2.82. The Morgan fingerprint density at radius 1 is 1.13 bits per heavy atom. The summed E-state index contributed by atoms with van der Waals surface area (Å²) in [7, 11) is 0. The average Bonchev–Trinajstić information content (AvgIpc) is 2.70. The van der Waals surface area contributed by atoms with E-state index in [2.05, 4.69) is 5.43 Å². The molecule has 1 N–H and O–H groups in total. The number of nitrogens with zero attached hydrogens (tertiary/aromatic N) is 1. The van der Waals surface area contributed by atoms with Gasteiger partial charge in [0.2, 0.25) is 0 Å². The third-order valence-electron chi connectivity index (χ3n) is 3.71. The Morgan fingerprint density at radius 2 is 1.83 bits per heavy atom. The van der Waals surface area contributed by atoms with E-state index in [0.717, 1.165) is 16.1 Å². The van der Waals surface area contributed by atoms with Crippen molar-refractivity contribution in [2.24, 2.45) is 0 Å². The molecule has 0 saturated heterocycles. The molecule has 3 rings (SSSR count). The van der Waals surface area contributed by atoms with Crippen LogP contribution in [0, 0.1) is 0 Å². The highest BCUT2D eigenvalue weighted by molar-refractivity contribution is 6.36. The molecule has 0 spiro atoms. The monoisotopic (exact) mass is 314 g/mol. The number of carbonyl (C=O) groups excluding carboxylic acids is 3. The van der Waals surface area contributed by atoms with E-state index >= 15 is 0 Å². The molecule has 120 valence electrons. The van der Waals surface area contributed by atoms with Gasteiger partial charge in [0.25, 0.3) is 11.8 Å². The SMILES string of the molecule is CC(C)(C)OC(=O)NN1C(=O)C2=C(C1=O)c1ccccc1CC2. The predicted molar refractivity (Wildman–Crippen MR) is 82.9 cm³/mol. The lowest BCUT2D eigenvalue weighted by Crippen LogP contribution is -2.48. The van der Waals surface area contributed by atoms with Crippen LogP contribution in [0.3, 0.4) is 0 Å². The number of amides is 3. The van der Waals surface area contributed by atoms with E-state index in [0.29, 0.717) is 24.0 Å². The summed E-state index contributed by atoms with van der Waals surface area (Å²) in [5.74, 6) is -0.992. The first-order valence-corrected chi connectivity index (χ1v) is 7.48. The van der Waals surface area contributed by atoms with Crippen molar-refractivity contribution in [3.63, 3.8) is 0 Å². The topological polar surface area (TPSA) is 75.7 Å². The number of fused-ring (bicyclic) bond motifs is 2. The summed E-state index contributed by atoms with van der Waals surface area (Å²) in [4.78, 5) is 36.9. The Hall–Kier alpha value is -2.63. The van der Waals surface area contributed by atoms with Gasteiger partial charge in [-0.1, -0.05) is 24.3 Å². The van der Waals surface area contributed by atoms with Crippen LogP contribution in [0.5, 0.6) is 0 Å². The first kappa shape index (κ1) is 15.3. The van der Waals surface area contributed by atoms with E-state index < -0.39 is 23.5 Å². The molecule has 6 heteroatoms. The van der Waals surface area contributed by atoms with Crippen LogP contribution < -0.4 is 5.43 Å². The molecule has 1 aromatic carbocycles. The molecule has 1 aromatic rings. The van der Waals surface area contributed by atoms with Gasteiger partial charge in [-0.25, -0.2) is 10.2 Å². The number of hydrazine groups is 1. The molecule has 2 aliphatic rings. The van der Waals surface area contributed by atoms with Gasteiger partial charge in [-0.3, -0.25) is 9.59 Å².